The zero-order valence-electron chi connectivity index (χ0n) is 21.0. The number of nitrogens with one attached hydrogen (secondary N) is 1. The summed E-state index contributed by atoms with van der Waals surface area (Å²) in [6, 6.07) is 1.23. The van der Waals surface area contributed by atoms with E-state index in [2.05, 4.69) is 25.8 Å². The van der Waals surface area contributed by atoms with Crippen LogP contribution in [0, 0.1) is 0 Å². The number of ether oxygens (including phenoxy) is 3. The molecule has 0 bridgehead atoms. The summed E-state index contributed by atoms with van der Waals surface area (Å²) in [5.41, 5.74) is -1.07. The van der Waals surface area contributed by atoms with Crippen molar-refractivity contribution in [1.82, 2.24) is 9.55 Å². The van der Waals surface area contributed by atoms with Gasteiger partial charge in [-0.15, -0.1) is 0 Å². The first kappa shape index (κ1) is 28.6. The van der Waals surface area contributed by atoms with Gasteiger partial charge >= 0.3 is 98.1 Å². The molecule has 33 heavy (non-hydrogen) atoms. The molecule has 2 aliphatic rings. The van der Waals surface area contributed by atoms with Crippen LogP contribution in [0.2, 0.25) is 13.3 Å². The zero-order valence-corrected chi connectivity index (χ0v) is 23.8. The topological polar surface area (TPSA) is 103 Å². The van der Waals surface area contributed by atoms with Crippen molar-refractivity contribution in [2.45, 2.75) is 117 Å². The van der Waals surface area contributed by atoms with Crippen LogP contribution in [0.5, 0.6) is 0 Å². The first-order valence-electron chi connectivity index (χ1n) is 12.5. The molecule has 8 nitrogen and oxygen atoms in total. The molecule has 0 aliphatic carbocycles. The molecule has 0 amide bonds. The summed E-state index contributed by atoms with van der Waals surface area (Å²) in [5, 5.41) is 9.36. The van der Waals surface area contributed by atoms with Crippen LogP contribution in [0.1, 0.15) is 79.4 Å². The van der Waals surface area contributed by atoms with E-state index < -0.39 is 61.3 Å². The molecule has 1 aromatic rings. The minimum atomic E-state index is -0.839. The third-order valence-corrected chi connectivity index (χ3v) is 15.2. The number of aliphatic hydroxyl groups is 1. The van der Waals surface area contributed by atoms with Crippen LogP contribution >= 0.6 is 0 Å². The van der Waals surface area contributed by atoms with Gasteiger partial charge in [0.1, 0.15) is 18.3 Å². The normalized spacial score (nSPS) is 25.7. The molecule has 2 saturated heterocycles. The Hall–Kier alpha value is -0.681. The van der Waals surface area contributed by atoms with Crippen molar-refractivity contribution in [3.63, 3.8) is 0 Å². The molecular formula is C24H43N2O6Sn. The number of fused-ring (bicyclic) bond motifs is 1. The number of nitrogens with zero attached hydrogens (tertiary/aromatic N) is 1. The van der Waals surface area contributed by atoms with Gasteiger partial charge in [0.15, 0.2) is 12.0 Å². The van der Waals surface area contributed by atoms with Gasteiger partial charge in [0.05, 0.1) is 6.61 Å². The van der Waals surface area contributed by atoms with Gasteiger partial charge < -0.3 is 19.3 Å². The standard InChI is InChI=1S/C12H16N2O6.3C4H9.Sn/c1-12(2)19-8-6(5-15)18-10(9(8)20-12)14-4-3-7(16)13-11(14)17;3*1-3-4-2;/h3-4,6,8-10,15H,5H2,1-2H3,(H,13,16,17);3*1,3-4H2,2H3;/t6-,8-,9-,10-;;;;/m1..../s1. The van der Waals surface area contributed by atoms with E-state index in [0.29, 0.717) is 0 Å². The molecule has 3 rings (SSSR count). The van der Waals surface area contributed by atoms with Crippen molar-refractivity contribution in [3.05, 3.63) is 33.1 Å². The van der Waals surface area contributed by atoms with Gasteiger partial charge in [-0.3, -0.25) is 14.3 Å². The average Bonchev–Trinajstić information content (AvgIpc) is 3.26. The van der Waals surface area contributed by atoms with E-state index >= 15 is 0 Å². The summed E-state index contributed by atoms with van der Waals surface area (Å²) in [6.45, 7) is 10.3. The number of H-pyrrole nitrogens is 1. The van der Waals surface area contributed by atoms with E-state index in [4.69, 9.17) is 14.2 Å². The maximum atomic E-state index is 11.8. The summed E-state index contributed by atoms with van der Waals surface area (Å²) in [6.07, 6.45) is 7.88. The van der Waals surface area contributed by atoms with Crippen LogP contribution in [0.3, 0.4) is 0 Å². The van der Waals surface area contributed by atoms with Crippen LogP contribution in [-0.4, -0.2) is 65.1 Å². The van der Waals surface area contributed by atoms with E-state index in [1.54, 1.807) is 27.2 Å². The molecule has 2 N–H and O–H groups in total. The van der Waals surface area contributed by atoms with E-state index in [9.17, 15) is 14.7 Å². The van der Waals surface area contributed by atoms with Crippen molar-refractivity contribution in [2.24, 2.45) is 0 Å². The van der Waals surface area contributed by atoms with E-state index in [1.807, 2.05) is 0 Å². The van der Waals surface area contributed by atoms with E-state index in [-0.39, 0.29) is 6.61 Å². The number of hydrogen-bond acceptors (Lipinski definition) is 6. The number of aromatic amines is 1. The molecule has 0 saturated carbocycles. The molecule has 189 valence electrons. The Morgan fingerprint density at radius 1 is 1.00 bits per heavy atom. The Morgan fingerprint density at radius 3 is 2.03 bits per heavy atom. The Balaban J connectivity index is 0.000000260. The summed E-state index contributed by atoms with van der Waals surface area (Å²) in [7, 11) is 0. The first-order valence-corrected chi connectivity index (χ1v) is 18.6. The molecule has 2 aliphatic heterocycles. The Labute approximate surface area is 204 Å². The van der Waals surface area contributed by atoms with Gasteiger partial charge in [-0.1, -0.05) is 0 Å². The zero-order chi connectivity index (χ0) is 24.4. The van der Waals surface area contributed by atoms with Gasteiger partial charge in [0.25, 0.3) is 5.56 Å². The van der Waals surface area contributed by atoms with Crippen molar-refractivity contribution in [1.29, 1.82) is 0 Å². The van der Waals surface area contributed by atoms with Gasteiger partial charge in [0, 0.05) is 12.3 Å². The van der Waals surface area contributed by atoms with Crippen LogP contribution in [0.15, 0.2) is 21.9 Å². The third kappa shape index (κ3) is 8.49. The minimum absolute atomic E-state index is 0.241. The van der Waals surface area contributed by atoms with Gasteiger partial charge in [-0.25, -0.2) is 4.79 Å². The fourth-order valence-corrected chi connectivity index (χ4v) is 13.8. The third-order valence-electron chi connectivity index (χ3n) is 6.08. The maximum absolute atomic E-state index is 11.8. The second-order valence-corrected chi connectivity index (χ2v) is 18.0. The molecule has 1 radical (unpaired) electrons. The summed E-state index contributed by atoms with van der Waals surface area (Å²) >= 11 is -0.839. The van der Waals surface area contributed by atoms with Crippen molar-refractivity contribution >= 4 is 19.8 Å². The number of rotatable bonds is 11. The van der Waals surface area contributed by atoms with E-state index in [0.717, 1.165) is 0 Å². The quantitative estimate of drug-likeness (QED) is 0.390. The van der Waals surface area contributed by atoms with Crippen LogP contribution in [-0.2, 0) is 14.2 Å². The fraction of sp³-hybridized carbons (Fsp3) is 0.833. The average molecular weight is 574 g/mol. The molecule has 9 heteroatoms. The summed E-state index contributed by atoms with van der Waals surface area (Å²) < 4.78 is 23.3. The first-order chi connectivity index (χ1) is 15.8. The monoisotopic (exact) mass is 575 g/mol. The second kappa shape index (κ2) is 14.0. The predicted octanol–water partition coefficient (Wildman–Crippen LogP) is 3.83. The SMILES string of the molecule is CC1(C)O[C@@H]2[C@H](O1)[C@@H](CO)O[C@H]2n1ccc(=O)[nH]c1=O.CCC[CH2][Sn]([CH2]CCC)[CH2]CCC. The molecule has 3 heterocycles. The van der Waals surface area contributed by atoms with Crippen LogP contribution in [0.4, 0.5) is 0 Å². The number of unbranched alkanes of at least 4 members (excludes halogenated alkanes) is 3. The Bertz CT molecular complexity index is 792. The second-order valence-electron chi connectivity index (χ2n) is 9.39. The number of hydrogen-bond donors (Lipinski definition) is 2. The van der Waals surface area contributed by atoms with Crippen molar-refractivity contribution in [3.8, 4) is 0 Å². The number of aromatic nitrogens is 2. The molecule has 0 spiro atoms. The van der Waals surface area contributed by atoms with Gasteiger partial charge in [-0.05, 0) is 13.8 Å². The Kier molecular flexibility index (Phi) is 12.1. The molecule has 2 fully saturated rings. The summed E-state index contributed by atoms with van der Waals surface area (Å²) in [4.78, 5) is 25.1. The molecule has 1 aromatic heterocycles. The van der Waals surface area contributed by atoms with Crippen molar-refractivity contribution in [2.75, 3.05) is 6.61 Å². The predicted molar refractivity (Wildman–Crippen MR) is 131 cm³/mol. The molecular weight excluding hydrogens is 531 g/mol. The summed E-state index contributed by atoms with van der Waals surface area (Å²) in [5.74, 6) is -0.809. The molecule has 4 atom stereocenters. The van der Waals surface area contributed by atoms with Crippen LogP contribution in [0.25, 0.3) is 0 Å². The Morgan fingerprint density at radius 2 is 1.55 bits per heavy atom. The fourth-order valence-electron chi connectivity index (χ4n) is 4.31. The molecule has 0 aromatic carbocycles. The number of aliphatic hydroxyl groups excluding tert-OH is 1. The van der Waals surface area contributed by atoms with Crippen molar-refractivity contribution < 1.29 is 19.3 Å². The van der Waals surface area contributed by atoms with E-state index in [1.165, 1.54) is 55.4 Å². The van der Waals surface area contributed by atoms with Gasteiger partial charge in [-0.2, -0.15) is 0 Å². The molecule has 0 unspecified atom stereocenters. The van der Waals surface area contributed by atoms with Gasteiger partial charge in [0.2, 0.25) is 0 Å². The van der Waals surface area contributed by atoms with Crippen LogP contribution < -0.4 is 11.2 Å².